The van der Waals surface area contributed by atoms with Gasteiger partial charge in [0, 0.05) is 38.9 Å². The van der Waals surface area contributed by atoms with Gasteiger partial charge in [0.15, 0.2) is 5.82 Å². The Morgan fingerprint density at radius 1 is 0.381 bits per heavy atom. The molecule has 0 saturated carbocycles. The average Bonchev–Trinajstić information content (AvgIpc) is 3.07. The van der Waals surface area contributed by atoms with E-state index < -0.39 is 0 Å². The number of hydrogen-bond acceptors (Lipinski definition) is 4. The molecule has 0 aliphatic rings. The van der Waals surface area contributed by atoms with Crippen molar-refractivity contribution in [1.82, 2.24) is 19.9 Å². The second-order valence-corrected chi connectivity index (χ2v) is 10.7. The van der Waals surface area contributed by atoms with E-state index in [0.717, 1.165) is 55.4 Å². The number of benzene rings is 6. The maximum Gasteiger partial charge on any atom is 0.179 e. The third-order valence-corrected chi connectivity index (χ3v) is 8.22. The lowest BCUT2D eigenvalue weighted by Crippen LogP contribution is -1.98. The molecule has 0 unspecified atom stereocenters. The van der Waals surface area contributed by atoms with Crippen LogP contribution in [-0.4, -0.2) is 19.9 Å². The van der Waals surface area contributed by atoms with E-state index in [1.807, 2.05) is 54.7 Å². The van der Waals surface area contributed by atoms with Gasteiger partial charge in [-0.25, -0.2) is 15.0 Å². The Bertz CT molecular complexity index is 2390. The number of rotatable bonds is 3. The summed E-state index contributed by atoms with van der Waals surface area (Å²) >= 11 is 0. The monoisotopic (exact) mass is 534 g/mol. The van der Waals surface area contributed by atoms with Gasteiger partial charge in [-0.05, 0) is 51.9 Å². The molecule has 0 radical (unpaired) electrons. The second kappa shape index (κ2) is 8.88. The first-order chi connectivity index (χ1) is 20.8. The van der Waals surface area contributed by atoms with Crippen LogP contribution in [0.2, 0.25) is 0 Å². The van der Waals surface area contributed by atoms with Crippen molar-refractivity contribution in [3.63, 3.8) is 0 Å². The summed E-state index contributed by atoms with van der Waals surface area (Å²) in [5.74, 6) is 0.609. The van der Waals surface area contributed by atoms with Crippen molar-refractivity contribution in [3.8, 4) is 34.0 Å². The van der Waals surface area contributed by atoms with E-state index in [1.54, 1.807) is 0 Å². The lowest BCUT2D eigenvalue weighted by atomic mass is 9.91. The molecule has 0 atom stereocenters. The Morgan fingerprint density at radius 2 is 0.952 bits per heavy atom. The average molecular weight is 535 g/mol. The van der Waals surface area contributed by atoms with Crippen LogP contribution in [0.1, 0.15) is 0 Å². The van der Waals surface area contributed by atoms with Gasteiger partial charge in [-0.15, -0.1) is 0 Å². The molecule has 4 nitrogen and oxygen atoms in total. The largest absolute Gasteiger partial charge is 0.256 e. The number of aromatic nitrogens is 4. The Morgan fingerprint density at radius 3 is 1.60 bits per heavy atom. The molecule has 6 aromatic carbocycles. The molecule has 0 bridgehead atoms. The van der Waals surface area contributed by atoms with E-state index in [0.29, 0.717) is 5.82 Å². The fourth-order valence-corrected chi connectivity index (χ4v) is 6.28. The molecule has 0 saturated heterocycles. The first-order valence-corrected chi connectivity index (χ1v) is 14.1. The van der Waals surface area contributed by atoms with Crippen LogP contribution >= 0.6 is 0 Å². The molecule has 3 aromatic heterocycles. The third-order valence-electron chi connectivity index (χ3n) is 8.22. The normalized spacial score (nSPS) is 11.8. The minimum Gasteiger partial charge on any atom is -0.256 e. The molecule has 0 aliphatic carbocycles. The predicted octanol–water partition coefficient (Wildman–Crippen LogP) is 9.47. The van der Waals surface area contributed by atoms with Gasteiger partial charge >= 0.3 is 0 Å². The van der Waals surface area contributed by atoms with Crippen molar-refractivity contribution in [3.05, 3.63) is 134 Å². The zero-order valence-electron chi connectivity index (χ0n) is 22.5. The zero-order chi connectivity index (χ0) is 27.6. The van der Waals surface area contributed by atoms with Crippen molar-refractivity contribution < 1.29 is 0 Å². The van der Waals surface area contributed by atoms with Crippen molar-refractivity contribution in [2.24, 2.45) is 0 Å². The van der Waals surface area contributed by atoms with Gasteiger partial charge in [-0.1, -0.05) is 97.1 Å². The molecule has 0 fully saturated rings. The third kappa shape index (κ3) is 3.49. The first kappa shape index (κ1) is 23.0. The molecule has 4 heteroatoms. The van der Waals surface area contributed by atoms with Crippen molar-refractivity contribution in [1.29, 1.82) is 0 Å². The molecule has 194 valence electrons. The highest BCUT2D eigenvalue weighted by molar-refractivity contribution is 6.31. The highest BCUT2D eigenvalue weighted by atomic mass is 14.9. The van der Waals surface area contributed by atoms with Gasteiger partial charge in [0.25, 0.3) is 0 Å². The highest BCUT2D eigenvalue weighted by Gasteiger charge is 2.17. The molecule has 9 rings (SSSR count). The summed E-state index contributed by atoms with van der Waals surface area (Å²) in [4.78, 5) is 20.0. The van der Waals surface area contributed by atoms with Crippen LogP contribution in [0.3, 0.4) is 0 Å². The fourth-order valence-electron chi connectivity index (χ4n) is 6.28. The van der Waals surface area contributed by atoms with E-state index in [4.69, 9.17) is 19.9 Å². The first-order valence-electron chi connectivity index (χ1n) is 14.1. The molecule has 0 aliphatic heterocycles. The summed E-state index contributed by atoms with van der Waals surface area (Å²) in [5.41, 5.74) is 6.56. The topological polar surface area (TPSA) is 51.6 Å². The number of nitrogens with zero attached hydrogens (tertiary/aromatic N) is 4. The molecule has 9 aromatic rings. The second-order valence-electron chi connectivity index (χ2n) is 10.7. The highest BCUT2D eigenvalue weighted by Crippen LogP contribution is 2.40. The maximum absolute atomic E-state index is 5.24. The summed E-state index contributed by atoms with van der Waals surface area (Å²) in [6.45, 7) is 0. The molecule has 3 heterocycles. The SMILES string of the molecule is c1ccc(-c2cc(-c3ccccc3)nc(-c3ccc4cc5ccc6c7ncccc7cc7ccc(c4n3)c5c76)n2)cc1. The molecule has 0 spiro atoms. The van der Waals surface area contributed by atoms with Crippen LogP contribution in [0.25, 0.3) is 88.2 Å². The fraction of sp³-hybridized carbons (Fsp3) is 0. The van der Waals surface area contributed by atoms with Crippen LogP contribution in [0, 0.1) is 0 Å². The Kier molecular flexibility index (Phi) is 4.87. The Balaban J connectivity index is 1.31. The quantitative estimate of drug-likeness (QED) is 0.167. The van der Waals surface area contributed by atoms with Crippen molar-refractivity contribution in [2.45, 2.75) is 0 Å². The van der Waals surface area contributed by atoms with Crippen LogP contribution in [-0.2, 0) is 0 Å². The summed E-state index contributed by atoms with van der Waals surface area (Å²) in [5, 5.41) is 9.41. The number of fused-ring (bicyclic) bond motifs is 4. The lowest BCUT2D eigenvalue weighted by Gasteiger charge is -2.15. The number of hydrogen-bond donors (Lipinski definition) is 0. The maximum atomic E-state index is 5.24. The van der Waals surface area contributed by atoms with Gasteiger partial charge in [-0.3, -0.25) is 4.98 Å². The molecule has 0 N–H and O–H groups in total. The Hall–Kier alpha value is -5.74. The minimum absolute atomic E-state index is 0.609. The van der Waals surface area contributed by atoms with Gasteiger partial charge < -0.3 is 0 Å². The predicted molar refractivity (Wildman–Crippen MR) is 173 cm³/mol. The van der Waals surface area contributed by atoms with E-state index in [9.17, 15) is 0 Å². The standard InChI is InChI=1S/C38H22N4/c1-3-8-23(9-4-1)32-22-33(24-10-5-2-6-11-24)42-38(41-32)31-18-15-28-21-26-13-16-29-34-25(20-27-12-7-19-39-36(27)29)14-17-30(35(26)34)37(28)40-31/h1-22H. The minimum atomic E-state index is 0.609. The molecular formula is C38H22N4. The van der Waals surface area contributed by atoms with E-state index in [1.165, 1.54) is 26.9 Å². The van der Waals surface area contributed by atoms with Crippen molar-refractivity contribution in [2.75, 3.05) is 0 Å². The lowest BCUT2D eigenvalue weighted by molar-refractivity contribution is 1.16. The smallest absolute Gasteiger partial charge is 0.179 e. The molecular weight excluding hydrogens is 512 g/mol. The van der Waals surface area contributed by atoms with Crippen LogP contribution in [0.15, 0.2) is 134 Å². The molecule has 0 amide bonds. The van der Waals surface area contributed by atoms with E-state index >= 15 is 0 Å². The van der Waals surface area contributed by atoms with Gasteiger partial charge in [0.1, 0.15) is 5.69 Å². The van der Waals surface area contributed by atoms with Crippen LogP contribution in [0.5, 0.6) is 0 Å². The summed E-state index contributed by atoms with van der Waals surface area (Å²) < 4.78 is 0. The Labute approximate surface area is 241 Å². The van der Waals surface area contributed by atoms with Gasteiger partial charge in [0.2, 0.25) is 0 Å². The van der Waals surface area contributed by atoms with Crippen LogP contribution in [0.4, 0.5) is 0 Å². The van der Waals surface area contributed by atoms with Crippen LogP contribution < -0.4 is 0 Å². The summed E-state index contributed by atoms with van der Waals surface area (Å²) in [6, 6.07) is 44.2. The molecule has 42 heavy (non-hydrogen) atoms. The van der Waals surface area contributed by atoms with E-state index in [2.05, 4.69) is 78.9 Å². The summed E-state index contributed by atoms with van der Waals surface area (Å²) in [7, 11) is 0. The number of pyridine rings is 2. The van der Waals surface area contributed by atoms with Crippen molar-refractivity contribution >= 4 is 54.1 Å². The van der Waals surface area contributed by atoms with Gasteiger partial charge in [-0.2, -0.15) is 0 Å². The summed E-state index contributed by atoms with van der Waals surface area (Å²) in [6.07, 6.45) is 1.87. The van der Waals surface area contributed by atoms with E-state index in [-0.39, 0.29) is 0 Å². The van der Waals surface area contributed by atoms with Gasteiger partial charge in [0.05, 0.1) is 22.4 Å². The zero-order valence-corrected chi connectivity index (χ0v) is 22.5.